The second-order valence-electron chi connectivity index (χ2n) is 2.81. The van der Waals surface area contributed by atoms with Crippen LogP contribution >= 0.6 is 12.4 Å². The lowest BCUT2D eigenvalue weighted by Gasteiger charge is -1.99. The number of aryl methyl sites for hydroxylation is 1. The maximum atomic E-state index is 10.7. The van der Waals surface area contributed by atoms with Crippen molar-refractivity contribution in [2.45, 2.75) is 6.92 Å². The number of fused-ring (bicyclic) bond motifs is 1. The molecule has 2 heterocycles. The first-order valence-electron chi connectivity index (χ1n) is 3.81. The van der Waals surface area contributed by atoms with Crippen molar-refractivity contribution in [2.75, 3.05) is 5.73 Å². The van der Waals surface area contributed by atoms with Crippen molar-refractivity contribution < 1.29 is 9.90 Å². The smallest absolute Gasteiger partial charge is 0.356 e. The van der Waals surface area contributed by atoms with Crippen LogP contribution in [0.25, 0.3) is 5.65 Å². The lowest BCUT2D eigenvalue weighted by molar-refractivity contribution is 0.0689. The van der Waals surface area contributed by atoms with E-state index >= 15 is 0 Å². The minimum atomic E-state index is -1.11. The predicted octanol–water partition coefficient (Wildman–Crippen LogP) is 0.135. The molecule has 0 atom stereocenters. The highest BCUT2D eigenvalue weighted by Gasteiger charge is 2.11. The van der Waals surface area contributed by atoms with Crippen molar-refractivity contribution in [3.8, 4) is 0 Å². The van der Waals surface area contributed by atoms with Crippen LogP contribution in [-0.2, 0) is 0 Å². The van der Waals surface area contributed by atoms with Gasteiger partial charge in [0.2, 0.25) is 5.95 Å². The Bertz CT molecular complexity index is 523. The van der Waals surface area contributed by atoms with E-state index in [1.54, 1.807) is 6.92 Å². The van der Waals surface area contributed by atoms with Gasteiger partial charge in [-0.2, -0.15) is 9.61 Å². The van der Waals surface area contributed by atoms with Gasteiger partial charge in [-0.15, -0.1) is 22.6 Å². The lowest BCUT2D eigenvalue weighted by atomic mass is 10.3. The van der Waals surface area contributed by atoms with E-state index in [1.807, 2.05) is 0 Å². The molecule has 0 aliphatic carbocycles. The summed E-state index contributed by atoms with van der Waals surface area (Å²) >= 11 is 0. The van der Waals surface area contributed by atoms with Crippen LogP contribution in [0.5, 0.6) is 0 Å². The highest BCUT2D eigenvalue weighted by Crippen LogP contribution is 2.10. The van der Waals surface area contributed by atoms with E-state index in [-0.39, 0.29) is 24.0 Å². The molecule has 0 aliphatic rings. The molecule has 0 amide bonds. The Labute approximate surface area is 90.3 Å². The summed E-state index contributed by atoms with van der Waals surface area (Å²) < 4.78 is 1.21. The number of nitrogens with zero attached hydrogens (tertiary/aromatic N) is 4. The fourth-order valence-electron chi connectivity index (χ4n) is 1.15. The number of aromatic carboxylic acids is 1. The monoisotopic (exact) mass is 229 g/mol. The number of aromatic nitrogens is 4. The van der Waals surface area contributed by atoms with Gasteiger partial charge >= 0.3 is 5.97 Å². The molecule has 8 heteroatoms. The summed E-state index contributed by atoms with van der Waals surface area (Å²) in [5.74, 6) is -1.03. The van der Waals surface area contributed by atoms with Crippen molar-refractivity contribution in [3.05, 3.63) is 17.3 Å². The van der Waals surface area contributed by atoms with Crippen LogP contribution in [0.2, 0.25) is 0 Å². The second kappa shape index (κ2) is 3.70. The van der Waals surface area contributed by atoms with Gasteiger partial charge in [-0.05, 0) is 18.6 Å². The number of anilines is 1. The fraction of sp³-hybridized carbons (Fsp3) is 0.143. The van der Waals surface area contributed by atoms with Crippen molar-refractivity contribution in [1.82, 2.24) is 19.8 Å². The minimum Gasteiger partial charge on any atom is -0.476 e. The van der Waals surface area contributed by atoms with Crippen LogP contribution in [0.4, 0.5) is 5.95 Å². The molecule has 0 fully saturated rings. The van der Waals surface area contributed by atoms with Gasteiger partial charge in [0.05, 0.1) is 0 Å². The molecule has 2 rings (SSSR count). The zero-order chi connectivity index (χ0) is 10.3. The summed E-state index contributed by atoms with van der Waals surface area (Å²) in [6.07, 6.45) is 0. The topological polar surface area (TPSA) is 106 Å². The Morgan fingerprint density at radius 2 is 2.20 bits per heavy atom. The number of carboxylic acid groups (broad SMARTS) is 1. The summed E-state index contributed by atoms with van der Waals surface area (Å²) in [6, 6.07) is 1.42. The number of carboxylic acids is 1. The molecule has 15 heavy (non-hydrogen) atoms. The normalized spacial score (nSPS) is 9.93. The summed E-state index contributed by atoms with van der Waals surface area (Å²) in [5.41, 5.74) is 6.50. The molecule has 0 bridgehead atoms. The third-order valence-corrected chi connectivity index (χ3v) is 1.80. The van der Waals surface area contributed by atoms with Crippen molar-refractivity contribution in [2.24, 2.45) is 0 Å². The largest absolute Gasteiger partial charge is 0.476 e. The zero-order valence-electron chi connectivity index (χ0n) is 7.71. The molecular formula is C7H8ClN5O2. The standard InChI is InChI=1S/C7H7N5O2.ClH/c1-3-2-4(6(13)14)11-12-5(3)9-10-7(12)8;/h2H,1H3,(H2,8,10)(H,13,14);1H. The van der Waals surface area contributed by atoms with Crippen molar-refractivity contribution in [1.29, 1.82) is 0 Å². The van der Waals surface area contributed by atoms with E-state index in [1.165, 1.54) is 10.6 Å². The first-order chi connectivity index (χ1) is 6.59. The molecule has 80 valence electrons. The van der Waals surface area contributed by atoms with Crippen LogP contribution in [0.15, 0.2) is 6.07 Å². The van der Waals surface area contributed by atoms with E-state index in [2.05, 4.69) is 15.3 Å². The average Bonchev–Trinajstić information content (AvgIpc) is 2.48. The van der Waals surface area contributed by atoms with Crippen LogP contribution in [-0.4, -0.2) is 30.9 Å². The minimum absolute atomic E-state index is 0. The fourth-order valence-corrected chi connectivity index (χ4v) is 1.15. The Kier molecular flexibility index (Phi) is 2.76. The van der Waals surface area contributed by atoms with E-state index < -0.39 is 5.97 Å². The number of carbonyl (C=O) groups is 1. The number of nitrogen functional groups attached to an aromatic ring is 1. The third kappa shape index (κ3) is 1.68. The summed E-state index contributed by atoms with van der Waals surface area (Å²) in [7, 11) is 0. The molecule has 0 spiro atoms. The van der Waals surface area contributed by atoms with Gasteiger partial charge in [-0.1, -0.05) is 0 Å². The van der Waals surface area contributed by atoms with Gasteiger partial charge < -0.3 is 10.8 Å². The number of halogens is 1. The van der Waals surface area contributed by atoms with Crippen LogP contribution < -0.4 is 5.73 Å². The van der Waals surface area contributed by atoms with E-state index in [9.17, 15) is 4.79 Å². The number of hydrogen-bond acceptors (Lipinski definition) is 5. The quantitative estimate of drug-likeness (QED) is 0.720. The molecule has 0 saturated heterocycles. The summed E-state index contributed by atoms with van der Waals surface area (Å²) in [5, 5.41) is 19.8. The predicted molar refractivity (Wildman–Crippen MR) is 54.1 cm³/mol. The molecule has 2 aromatic rings. The first-order valence-corrected chi connectivity index (χ1v) is 3.81. The molecule has 0 saturated carbocycles. The summed E-state index contributed by atoms with van der Waals surface area (Å²) in [4.78, 5) is 10.7. The molecule has 0 radical (unpaired) electrons. The molecule has 0 aromatic carbocycles. The summed E-state index contributed by atoms with van der Waals surface area (Å²) in [6.45, 7) is 1.72. The Balaban J connectivity index is 0.00000112. The number of rotatable bonds is 1. The molecule has 7 nitrogen and oxygen atoms in total. The average molecular weight is 230 g/mol. The highest BCUT2D eigenvalue weighted by atomic mass is 35.5. The van der Waals surface area contributed by atoms with Crippen LogP contribution in [0.3, 0.4) is 0 Å². The molecular weight excluding hydrogens is 222 g/mol. The second-order valence-corrected chi connectivity index (χ2v) is 2.81. The lowest BCUT2D eigenvalue weighted by Crippen LogP contribution is -2.07. The van der Waals surface area contributed by atoms with Gasteiger partial charge in [0, 0.05) is 0 Å². The van der Waals surface area contributed by atoms with Crippen molar-refractivity contribution in [3.63, 3.8) is 0 Å². The van der Waals surface area contributed by atoms with Crippen molar-refractivity contribution >= 4 is 30.0 Å². The number of hydrogen-bond donors (Lipinski definition) is 2. The van der Waals surface area contributed by atoms with Gasteiger partial charge in [-0.3, -0.25) is 0 Å². The maximum Gasteiger partial charge on any atom is 0.356 e. The van der Waals surface area contributed by atoms with Gasteiger partial charge in [0.15, 0.2) is 11.3 Å². The van der Waals surface area contributed by atoms with Gasteiger partial charge in [0.1, 0.15) is 0 Å². The Morgan fingerprint density at radius 1 is 1.53 bits per heavy atom. The number of nitrogens with two attached hydrogens (primary N) is 1. The van der Waals surface area contributed by atoms with E-state index in [4.69, 9.17) is 10.8 Å². The highest BCUT2D eigenvalue weighted by molar-refractivity contribution is 5.86. The maximum absolute atomic E-state index is 10.7. The Hall–Kier alpha value is -1.89. The Morgan fingerprint density at radius 3 is 2.80 bits per heavy atom. The molecule has 2 aromatic heterocycles. The van der Waals surface area contributed by atoms with Crippen LogP contribution in [0, 0.1) is 6.92 Å². The first kappa shape index (κ1) is 11.2. The molecule has 0 unspecified atom stereocenters. The van der Waals surface area contributed by atoms with Crippen LogP contribution in [0.1, 0.15) is 16.1 Å². The van der Waals surface area contributed by atoms with E-state index in [0.29, 0.717) is 11.2 Å². The SMILES string of the molecule is Cc1cc(C(=O)O)nn2c(N)nnc12.Cl. The van der Waals surface area contributed by atoms with Gasteiger partial charge in [0.25, 0.3) is 0 Å². The van der Waals surface area contributed by atoms with E-state index in [0.717, 1.165) is 0 Å². The molecule has 0 aliphatic heterocycles. The zero-order valence-corrected chi connectivity index (χ0v) is 8.52. The van der Waals surface area contributed by atoms with Gasteiger partial charge in [-0.25, -0.2) is 4.79 Å². The third-order valence-electron chi connectivity index (χ3n) is 1.80. The molecule has 3 N–H and O–H groups in total.